The number of halogens is 1. The predicted molar refractivity (Wildman–Crippen MR) is 34.4 cm³/mol. The Morgan fingerprint density at radius 1 is 1.86 bits per heavy atom. The maximum absolute atomic E-state index is 9.35. The largest absolute Gasteiger partial charge is 0.247 e. The van der Waals surface area contributed by atoms with Crippen LogP contribution in [0.2, 0.25) is 0 Å². The van der Waals surface area contributed by atoms with Crippen molar-refractivity contribution in [3.8, 4) is 0 Å². The minimum absolute atomic E-state index is 0.829. The number of rotatable bonds is 3. The first kappa shape index (κ1) is 7.21. The highest BCUT2D eigenvalue weighted by molar-refractivity contribution is 9.09. The third kappa shape index (κ3) is 6.21. The molecule has 0 amide bonds. The fraction of sp³-hybridized carbons (Fsp3) is 0.667. The molecule has 0 aliphatic heterocycles. The first-order chi connectivity index (χ1) is 3.41. The second-order valence-electron chi connectivity index (χ2n) is 0.705. The molecule has 0 N–H and O–H groups in total. The van der Waals surface area contributed by atoms with Crippen LogP contribution in [0.1, 0.15) is 0 Å². The van der Waals surface area contributed by atoms with Crippen LogP contribution in [0, 0.1) is 0 Å². The van der Waals surface area contributed by atoms with Crippen LogP contribution in [0.3, 0.4) is 0 Å². The van der Waals surface area contributed by atoms with Crippen LogP contribution in [0.4, 0.5) is 0 Å². The Labute approximate surface area is 54.7 Å². The summed E-state index contributed by atoms with van der Waals surface area (Å²) >= 11 is 4.38. The summed E-state index contributed by atoms with van der Waals surface area (Å²) in [5.41, 5.74) is 0. The molecule has 0 heterocycles. The summed E-state index contributed by atoms with van der Waals surface area (Å²) in [6.45, 7) is 0. The van der Waals surface area contributed by atoms with E-state index in [-0.39, 0.29) is 0 Å². The Morgan fingerprint density at radius 3 is 3.00 bits per heavy atom. The molecule has 0 aliphatic carbocycles. The highest BCUT2D eigenvalue weighted by Crippen LogP contribution is 1.99. The number of hydrogen-bond donors (Lipinski definition) is 0. The number of alkyl halides is 1. The summed E-state index contributed by atoms with van der Waals surface area (Å²) in [4.78, 5) is 9.35. The van der Waals surface area contributed by atoms with Gasteiger partial charge in [0.15, 0.2) is 0 Å². The summed E-state index contributed by atoms with van der Waals surface area (Å²) in [6, 6.07) is 0. The molecule has 0 rings (SSSR count). The topological polar surface area (TPSA) is 29.4 Å². The standard InChI is InChI=1S/C3H4BrNOS/c4-1-2-7-5-3-6/h1-2H2. The molecule has 0 bridgehead atoms. The predicted octanol–water partition coefficient (Wildman–Crippen LogP) is 1.37. The van der Waals surface area contributed by atoms with Crippen LogP contribution in [0.15, 0.2) is 4.40 Å². The van der Waals surface area contributed by atoms with Gasteiger partial charge in [0.25, 0.3) is 0 Å². The summed E-state index contributed by atoms with van der Waals surface area (Å²) < 4.78 is 3.24. The van der Waals surface area contributed by atoms with Crippen LogP contribution in [-0.2, 0) is 4.79 Å². The van der Waals surface area contributed by atoms with Crippen molar-refractivity contribution in [2.75, 3.05) is 11.1 Å². The van der Waals surface area contributed by atoms with E-state index in [0.717, 1.165) is 11.1 Å². The molecule has 0 saturated heterocycles. The van der Waals surface area contributed by atoms with E-state index >= 15 is 0 Å². The van der Waals surface area contributed by atoms with Crippen molar-refractivity contribution in [3.63, 3.8) is 0 Å². The molecular weight excluding hydrogens is 178 g/mol. The van der Waals surface area contributed by atoms with Crippen LogP contribution in [0.5, 0.6) is 0 Å². The van der Waals surface area contributed by atoms with Gasteiger partial charge in [0.1, 0.15) is 0 Å². The molecule has 0 saturated carbocycles. The van der Waals surface area contributed by atoms with Gasteiger partial charge in [-0.2, -0.15) is 0 Å². The average molecular weight is 182 g/mol. The van der Waals surface area contributed by atoms with Gasteiger partial charge in [0, 0.05) is 11.1 Å². The highest BCUT2D eigenvalue weighted by Gasteiger charge is 1.76. The van der Waals surface area contributed by atoms with Gasteiger partial charge in [0.05, 0.1) is 0 Å². The van der Waals surface area contributed by atoms with E-state index < -0.39 is 0 Å². The van der Waals surface area contributed by atoms with Crippen molar-refractivity contribution in [3.05, 3.63) is 0 Å². The molecule has 0 aromatic rings. The van der Waals surface area contributed by atoms with Gasteiger partial charge in [0.2, 0.25) is 6.08 Å². The zero-order valence-corrected chi connectivity index (χ0v) is 5.96. The molecule has 0 aromatic carbocycles. The molecule has 40 valence electrons. The maximum Gasteiger partial charge on any atom is 0.247 e. The highest BCUT2D eigenvalue weighted by atomic mass is 79.9. The quantitative estimate of drug-likeness (QED) is 0.217. The monoisotopic (exact) mass is 181 g/mol. The van der Waals surface area contributed by atoms with Gasteiger partial charge < -0.3 is 0 Å². The number of nitrogens with zero attached hydrogens (tertiary/aromatic N) is 1. The normalized spacial score (nSPS) is 7.57. The smallest absolute Gasteiger partial charge is 0.210 e. The van der Waals surface area contributed by atoms with Crippen molar-refractivity contribution >= 4 is 34.0 Å². The Morgan fingerprint density at radius 2 is 2.57 bits per heavy atom. The summed E-state index contributed by atoms with van der Waals surface area (Å²) in [5.74, 6) is 0.829. The molecule has 0 aliphatic rings. The van der Waals surface area contributed by atoms with Gasteiger partial charge in [-0.05, 0) is 11.9 Å². The number of carbonyl (C=O) groups excluding carboxylic acids is 1. The first-order valence-corrected chi connectivity index (χ1v) is 3.73. The van der Waals surface area contributed by atoms with Crippen LogP contribution in [0.25, 0.3) is 0 Å². The van der Waals surface area contributed by atoms with Gasteiger partial charge >= 0.3 is 0 Å². The third-order valence-electron chi connectivity index (χ3n) is 0.270. The Bertz CT molecular complexity index is 81.0. The second kappa shape index (κ2) is 6.21. The summed E-state index contributed by atoms with van der Waals surface area (Å²) in [6.07, 6.45) is 1.42. The molecule has 0 radical (unpaired) electrons. The molecule has 0 atom stereocenters. The van der Waals surface area contributed by atoms with Crippen LogP contribution < -0.4 is 0 Å². The lowest BCUT2D eigenvalue weighted by atomic mass is 11.0. The van der Waals surface area contributed by atoms with Gasteiger partial charge in [-0.15, -0.1) is 4.40 Å². The Hall–Kier alpha value is 0.210. The van der Waals surface area contributed by atoms with Gasteiger partial charge in [-0.3, -0.25) is 0 Å². The number of hydrogen-bond acceptors (Lipinski definition) is 3. The van der Waals surface area contributed by atoms with Crippen molar-refractivity contribution in [2.24, 2.45) is 4.40 Å². The fourth-order valence-electron chi connectivity index (χ4n) is 0.106. The van der Waals surface area contributed by atoms with Crippen LogP contribution >= 0.6 is 27.9 Å². The maximum atomic E-state index is 9.35. The van der Waals surface area contributed by atoms with E-state index in [9.17, 15) is 4.79 Å². The van der Waals surface area contributed by atoms with E-state index in [1.807, 2.05) is 0 Å². The van der Waals surface area contributed by atoms with E-state index in [1.54, 1.807) is 0 Å². The lowest BCUT2D eigenvalue weighted by Crippen LogP contribution is -1.71. The zero-order chi connectivity index (χ0) is 5.54. The molecule has 0 unspecified atom stereocenters. The third-order valence-corrected chi connectivity index (χ3v) is 1.78. The number of isocyanates is 1. The van der Waals surface area contributed by atoms with Crippen LogP contribution in [-0.4, -0.2) is 17.2 Å². The molecule has 0 aromatic heterocycles. The van der Waals surface area contributed by atoms with E-state index in [0.29, 0.717) is 0 Å². The SMILES string of the molecule is O=C=NSCCBr. The molecule has 4 heteroatoms. The van der Waals surface area contributed by atoms with E-state index in [1.165, 1.54) is 18.0 Å². The second-order valence-corrected chi connectivity index (χ2v) is 2.35. The van der Waals surface area contributed by atoms with Crippen molar-refractivity contribution < 1.29 is 4.79 Å². The Balaban J connectivity index is 2.83. The summed E-state index contributed by atoms with van der Waals surface area (Å²) in [7, 11) is 0. The molecule has 2 nitrogen and oxygen atoms in total. The lowest BCUT2D eigenvalue weighted by Gasteiger charge is -1.78. The van der Waals surface area contributed by atoms with E-state index in [4.69, 9.17) is 0 Å². The van der Waals surface area contributed by atoms with Gasteiger partial charge in [-0.25, -0.2) is 4.79 Å². The average Bonchev–Trinajstić information content (AvgIpc) is 1.69. The summed E-state index contributed by atoms with van der Waals surface area (Å²) in [5, 5.41) is 0.864. The van der Waals surface area contributed by atoms with Crippen molar-refractivity contribution in [2.45, 2.75) is 0 Å². The fourth-order valence-corrected chi connectivity index (χ4v) is 0.754. The Kier molecular flexibility index (Phi) is 6.40. The minimum Gasteiger partial charge on any atom is -0.210 e. The lowest BCUT2D eigenvalue weighted by molar-refractivity contribution is 0.566. The van der Waals surface area contributed by atoms with Gasteiger partial charge in [-0.1, -0.05) is 15.9 Å². The molecule has 7 heavy (non-hydrogen) atoms. The molecule has 0 spiro atoms. The minimum atomic E-state index is 0.829. The van der Waals surface area contributed by atoms with E-state index in [2.05, 4.69) is 20.3 Å². The van der Waals surface area contributed by atoms with Crippen molar-refractivity contribution in [1.82, 2.24) is 0 Å². The zero-order valence-electron chi connectivity index (χ0n) is 3.56. The first-order valence-electron chi connectivity index (χ1n) is 1.67. The molecular formula is C3H4BrNOS. The van der Waals surface area contributed by atoms with Crippen molar-refractivity contribution in [1.29, 1.82) is 0 Å². The molecule has 0 fully saturated rings.